The standard InChI is InChI=1S/C19H29BrO/c1-12-7-14(11-19(5,6)10-12)13-8-15(18(2,3)4)17(21)16(20)9-13/h8-9,12,14,21H,7,10-11H2,1-6H3. The first-order chi connectivity index (χ1) is 9.49. The topological polar surface area (TPSA) is 20.2 Å². The molecule has 2 heteroatoms. The first-order valence-corrected chi connectivity index (χ1v) is 8.82. The lowest BCUT2D eigenvalue weighted by atomic mass is 9.66. The van der Waals surface area contributed by atoms with Crippen LogP contribution in [0.25, 0.3) is 0 Å². The van der Waals surface area contributed by atoms with E-state index in [9.17, 15) is 5.11 Å². The second kappa shape index (κ2) is 5.61. The first-order valence-electron chi connectivity index (χ1n) is 8.02. The fourth-order valence-corrected chi connectivity index (χ4v) is 4.51. The Hall–Kier alpha value is -0.500. The smallest absolute Gasteiger partial charge is 0.133 e. The summed E-state index contributed by atoms with van der Waals surface area (Å²) in [6, 6.07) is 4.36. The highest BCUT2D eigenvalue weighted by molar-refractivity contribution is 9.10. The average molecular weight is 353 g/mol. The molecular weight excluding hydrogens is 324 g/mol. The molecule has 21 heavy (non-hydrogen) atoms. The third-order valence-electron chi connectivity index (χ3n) is 4.75. The maximum absolute atomic E-state index is 10.4. The second-order valence-corrected chi connectivity index (χ2v) is 9.61. The Morgan fingerprint density at radius 2 is 1.81 bits per heavy atom. The molecule has 0 aromatic heterocycles. The molecule has 2 unspecified atom stereocenters. The molecule has 118 valence electrons. The highest BCUT2D eigenvalue weighted by atomic mass is 79.9. The van der Waals surface area contributed by atoms with E-state index in [1.807, 2.05) is 0 Å². The number of benzene rings is 1. The molecule has 0 saturated heterocycles. The molecule has 0 aliphatic heterocycles. The Labute approximate surface area is 138 Å². The summed E-state index contributed by atoms with van der Waals surface area (Å²) in [5, 5.41) is 10.4. The summed E-state index contributed by atoms with van der Waals surface area (Å²) in [5.41, 5.74) is 2.79. The normalized spacial score (nSPS) is 25.9. The molecule has 2 rings (SSSR count). The van der Waals surface area contributed by atoms with Crippen LogP contribution >= 0.6 is 15.9 Å². The Morgan fingerprint density at radius 3 is 2.33 bits per heavy atom. The van der Waals surface area contributed by atoms with Crippen LogP contribution in [0.5, 0.6) is 5.75 Å². The molecule has 1 aliphatic carbocycles. The van der Waals surface area contributed by atoms with Gasteiger partial charge < -0.3 is 5.11 Å². The van der Waals surface area contributed by atoms with Crippen molar-refractivity contribution >= 4 is 15.9 Å². The third kappa shape index (κ3) is 3.83. The van der Waals surface area contributed by atoms with E-state index in [0.717, 1.165) is 16.0 Å². The zero-order chi connectivity index (χ0) is 16.0. The molecule has 1 aromatic carbocycles. The van der Waals surface area contributed by atoms with Gasteiger partial charge in [-0.3, -0.25) is 0 Å². The van der Waals surface area contributed by atoms with E-state index in [-0.39, 0.29) is 5.41 Å². The average Bonchev–Trinajstić information content (AvgIpc) is 2.28. The van der Waals surface area contributed by atoms with Gasteiger partial charge in [0.1, 0.15) is 5.75 Å². The van der Waals surface area contributed by atoms with Crippen molar-refractivity contribution in [2.45, 2.75) is 72.1 Å². The maximum atomic E-state index is 10.4. The van der Waals surface area contributed by atoms with Crippen molar-refractivity contribution in [2.75, 3.05) is 0 Å². The molecule has 1 aromatic rings. The highest BCUT2D eigenvalue weighted by Gasteiger charge is 2.33. The quantitative estimate of drug-likeness (QED) is 0.621. The van der Waals surface area contributed by atoms with Gasteiger partial charge in [-0.2, -0.15) is 0 Å². The number of aromatic hydroxyl groups is 1. The van der Waals surface area contributed by atoms with Gasteiger partial charge in [-0.1, -0.05) is 47.6 Å². The number of hydrogen-bond acceptors (Lipinski definition) is 1. The van der Waals surface area contributed by atoms with Gasteiger partial charge in [-0.25, -0.2) is 0 Å². The van der Waals surface area contributed by atoms with Gasteiger partial charge in [0, 0.05) is 5.56 Å². The molecule has 0 heterocycles. The van der Waals surface area contributed by atoms with Crippen molar-refractivity contribution in [3.8, 4) is 5.75 Å². The van der Waals surface area contributed by atoms with Crippen LogP contribution in [0.3, 0.4) is 0 Å². The molecular formula is C19H29BrO. The van der Waals surface area contributed by atoms with Crippen molar-refractivity contribution < 1.29 is 5.11 Å². The Morgan fingerprint density at radius 1 is 1.19 bits per heavy atom. The van der Waals surface area contributed by atoms with Gasteiger partial charge in [0.15, 0.2) is 0 Å². The molecule has 0 spiro atoms. The van der Waals surface area contributed by atoms with Crippen LogP contribution in [0.1, 0.15) is 77.8 Å². The third-order valence-corrected chi connectivity index (χ3v) is 5.36. The number of hydrogen-bond donors (Lipinski definition) is 1. The predicted molar refractivity (Wildman–Crippen MR) is 94.0 cm³/mol. The molecule has 0 bridgehead atoms. The Bertz CT molecular complexity index is 525. The summed E-state index contributed by atoms with van der Waals surface area (Å²) in [4.78, 5) is 0. The lowest BCUT2D eigenvalue weighted by Gasteiger charge is -2.39. The second-order valence-electron chi connectivity index (χ2n) is 8.76. The van der Waals surface area contributed by atoms with E-state index < -0.39 is 0 Å². The van der Waals surface area contributed by atoms with Gasteiger partial charge in [0.2, 0.25) is 0 Å². The molecule has 1 N–H and O–H groups in total. The van der Waals surface area contributed by atoms with Crippen LogP contribution in [-0.4, -0.2) is 5.11 Å². The van der Waals surface area contributed by atoms with Crippen LogP contribution in [0, 0.1) is 11.3 Å². The minimum atomic E-state index is -0.0432. The van der Waals surface area contributed by atoms with Gasteiger partial charge in [0.05, 0.1) is 4.47 Å². The molecule has 0 amide bonds. The molecule has 1 nitrogen and oxygen atoms in total. The largest absolute Gasteiger partial charge is 0.506 e. The van der Waals surface area contributed by atoms with E-state index in [4.69, 9.17) is 0 Å². The minimum absolute atomic E-state index is 0.0432. The van der Waals surface area contributed by atoms with Crippen LogP contribution in [0.15, 0.2) is 16.6 Å². The monoisotopic (exact) mass is 352 g/mol. The first kappa shape index (κ1) is 16.9. The van der Waals surface area contributed by atoms with E-state index in [1.165, 1.54) is 24.8 Å². The Kier molecular flexibility index (Phi) is 4.50. The van der Waals surface area contributed by atoms with Gasteiger partial charge in [0.25, 0.3) is 0 Å². The van der Waals surface area contributed by atoms with Crippen LogP contribution in [0.2, 0.25) is 0 Å². The van der Waals surface area contributed by atoms with E-state index >= 15 is 0 Å². The number of rotatable bonds is 1. The minimum Gasteiger partial charge on any atom is -0.506 e. The molecule has 2 atom stereocenters. The summed E-state index contributed by atoms with van der Waals surface area (Å²) < 4.78 is 0.834. The molecule has 1 saturated carbocycles. The van der Waals surface area contributed by atoms with Crippen molar-refractivity contribution in [3.05, 3.63) is 27.7 Å². The molecule has 1 fully saturated rings. The van der Waals surface area contributed by atoms with Crippen LogP contribution in [-0.2, 0) is 5.41 Å². The number of phenolic OH excluding ortho intramolecular Hbond substituents is 1. The zero-order valence-electron chi connectivity index (χ0n) is 14.3. The van der Waals surface area contributed by atoms with Crippen LogP contribution in [0.4, 0.5) is 0 Å². The summed E-state index contributed by atoms with van der Waals surface area (Å²) in [6.07, 6.45) is 3.80. The van der Waals surface area contributed by atoms with Crippen molar-refractivity contribution in [2.24, 2.45) is 11.3 Å². The summed E-state index contributed by atoms with van der Waals surface area (Å²) in [6.45, 7) is 13.6. The number of halogens is 1. The van der Waals surface area contributed by atoms with Crippen molar-refractivity contribution in [3.63, 3.8) is 0 Å². The molecule has 1 aliphatic rings. The van der Waals surface area contributed by atoms with E-state index in [2.05, 4.69) is 69.6 Å². The molecule has 0 radical (unpaired) electrons. The number of phenols is 1. The highest BCUT2D eigenvalue weighted by Crippen LogP contribution is 2.48. The predicted octanol–water partition coefficient (Wildman–Crippen LogP) is 6.38. The fraction of sp³-hybridized carbons (Fsp3) is 0.684. The van der Waals surface area contributed by atoms with Gasteiger partial charge in [-0.15, -0.1) is 0 Å². The van der Waals surface area contributed by atoms with E-state index in [0.29, 0.717) is 17.1 Å². The summed E-state index contributed by atoms with van der Waals surface area (Å²) >= 11 is 3.55. The summed E-state index contributed by atoms with van der Waals surface area (Å²) in [7, 11) is 0. The van der Waals surface area contributed by atoms with Gasteiger partial charge >= 0.3 is 0 Å². The van der Waals surface area contributed by atoms with Crippen molar-refractivity contribution in [1.82, 2.24) is 0 Å². The lowest BCUT2D eigenvalue weighted by molar-refractivity contribution is 0.168. The zero-order valence-corrected chi connectivity index (χ0v) is 15.8. The maximum Gasteiger partial charge on any atom is 0.133 e. The van der Waals surface area contributed by atoms with Gasteiger partial charge in [-0.05, 0) is 69.5 Å². The lowest BCUT2D eigenvalue weighted by Crippen LogP contribution is -2.26. The van der Waals surface area contributed by atoms with Crippen LogP contribution < -0.4 is 0 Å². The fourth-order valence-electron chi connectivity index (χ4n) is 4.03. The van der Waals surface area contributed by atoms with Crippen molar-refractivity contribution in [1.29, 1.82) is 0 Å². The van der Waals surface area contributed by atoms with E-state index in [1.54, 1.807) is 0 Å². The Balaban J connectivity index is 2.43. The SMILES string of the molecule is CC1CC(c2cc(Br)c(O)c(C(C)(C)C)c2)CC(C)(C)C1. The summed E-state index contributed by atoms with van der Waals surface area (Å²) in [5.74, 6) is 1.76.